The molecule has 4 rings (SSSR count). The third-order valence-corrected chi connectivity index (χ3v) is 6.22. The van der Waals surface area contributed by atoms with Crippen molar-refractivity contribution in [2.45, 2.75) is 51.5 Å². The predicted octanol–water partition coefficient (Wildman–Crippen LogP) is 5.47. The Hall–Kier alpha value is -2.60. The fourth-order valence-corrected chi connectivity index (χ4v) is 4.49. The van der Waals surface area contributed by atoms with Crippen LogP contribution in [-0.4, -0.2) is 32.8 Å². The van der Waals surface area contributed by atoms with Crippen molar-refractivity contribution in [3.05, 3.63) is 65.2 Å². The van der Waals surface area contributed by atoms with Crippen LogP contribution in [0.1, 0.15) is 56.4 Å². The van der Waals surface area contributed by atoms with Gasteiger partial charge in [-0.2, -0.15) is 0 Å². The van der Waals surface area contributed by atoms with Gasteiger partial charge in [-0.25, -0.2) is 0 Å². The fraction of sp³-hybridized carbons (Fsp3) is 0.375. The molecule has 0 aliphatic carbocycles. The Morgan fingerprint density at radius 3 is 2.57 bits per heavy atom. The van der Waals surface area contributed by atoms with E-state index in [0.717, 1.165) is 64.9 Å². The molecule has 6 heteroatoms. The van der Waals surface area contributed by atoms with Crippen molar-refractivity contribution in [1.82, 2.24) is 14.8 Å². The summed E-state index contributed by atoms with van der Waals surface area (Å²) in [6.45, 7) is 7.56. The molecule has 1 aromatic heterocycles. The summed E-state index contributed by atoms with van der Waals surface area (Å²) in [7, 11) is 0. The Morgan fingerprint density at radius 2 is 1.83 bits per heavy atom. The lowest BCUT2D eigenvalue weighted by Crippen LogP contribution is -2.10. The van der Waals surface area contributed by atoms with E-state index < -0.39 is 0 Å². The lowest BCUT2D eigenvalue weighted by atomic mass is 10.00. The van der Waals surface area contributed by atoms with Gasteiger partial charge in [0.1, 0.15) is 18.1 Å². The van der Waals surface area contributed by atoms with Crippen LogP contribution in [0.15, 0.2) is 52.4 Å². The van der Waals surface area contributed by atoms with Crippen molar-refractivity contribution in [3.63, 3.8) is 0 Å². The third-order valence-electron chi connectivity index (χ3n) is 5.02. The zero-order chi connectivity index (χ0) is 20.9. The molecule has 1 aliphatic rings. The van der Waals surface area contributed by atoms with Crippen LogP contribution in [0.5, 0.6) is 5.75 Å². The van der Waals surface area contributed by atoms with Crippen LogP contribution in [0.2, 0.25) is 0 Å². The van der Waals surface area contributed by atoms with Crippen molar-refractivity contribution in [1.29, 1.82) is 0 Å². The molecule has 3 aromatic rings. The second-order valence-corrected chi connectivity index (χ2v) is 8.44. The summed E-state index contributed by atoms with van der Waals surface area (Å²) >= 11 is 1.89. The van der Waals surface area contributed by atoms with Gasteiger partial charge in [-0.05, 0) is 68.0 Å². The molecule has 5 nitrogen and oxygen atoms in total. The summed E-state index contributed by atoms with van der Waals surface area (Å²) in [5.41, 5.74) is 4.34. The molecule has 0 saturated carbocycles. The highest BCUT2D eigenvalue weighted by atomic mass is 32.2. The highest BCUT2D eigenvalue weighted by Gasteiger charge is 2.23. The molecule has 0 unspecified atom stereocenters. The lowest BCUT2D eigenvalue weighted by molar-refractivity contribution is 0.340. The third kappa shape index (κ3) is 4.15. The van der Waals surface area contributed by atoms with E-state index >= 15 is 0 Å². The van der Waals surface area contributed by atoms with Crippen molar-refractivity contribution in [3.8, 4) is 11.4 Å². The van der Waals surface area contributed by atoms with Gasteiger partial charge in [0, 0.05) is 22.4 Å². The molecule has 0 amide bonds. The Kier molecular flexibility index (Phi) is 6.53. The van der Waals surface area contributed by atoms with Gasteiger partial charge in [0.15, 0.2) is 5.82 Å². The molecule has 2 heterocycles. The van der Waals surface area contributed by atoms with Crippen molar-refractivity contribution >= 4 is 17.5 Å². The minimum absolute atomic E-state index is 0.519. The maximum atomic E-state index is 5.62. The molecule has 2 aromatic carbocycles. The van der Waals surface area contributed by atoms with E-state index in [1.54, 1.807) is 0 Å². The number of ether oxygens (including phenoxy) is 1. The van der Waals surface area contributed by atoms with E-state index in [1.807, 2.05) is 30.8 Å². The van der Waals surface area contributed by atoms with E-state index in [-0.39, 0.29) is 0 Å². The zero-order valence-electron chi connectivity index (χ0n) is 17.9. The number of thioether (sulfide) groups is 1. The number of hydrogen-bond donors (Lipinski definition) is 0. The standard InChI is InChI=1S/C24H28N4OS/c1-4-7-22-26-27-23-16-25-24(17-8-10-18(11-9-17)29-6-3)20-15-19(30-14-5-2)12-13-21(20)28(22)23/h8-13,15H,4-7,14,16H2,1-3H3. The molecule has 0 fully saturated rings. The quantitative estimate of drug-likeness (QED) is 0.453. The Balaban J connectivity index is 1.83. The van der Waals surface area contributed by atoms with Gasteiger partial charge >= 0.3 is 0 Å². The highest BCUT2D eigenvalue weighted by Crippen LogP contribution is 2.31. The van der Waals surface area contributed by atoms with Gasteiger partial charge in [-0.1, -0.05) is 13.8 Å². The van der Waals surface area contributed by atoms with Crippen LogP contribution in [0.25, 0.3) is 5.69 Å². The molecular weight excluding hydrogens is 392 g/mol. The highest BCUT2D eigenvalue weighted by molar-refractivity contribution is 7.99. The topological polar surface area (TPSA) is 52.3 Å². The van der Waals surface area contributed by atoms with Crippen LogP contribution < -0.4 is 4.74 Å². The number of aliphatic imine (C=N–C) groups is 1. The number of hydrogen-bond acceptors (Lipinski definition) is 5. The average Bonchev–Trinajstić information content (AvgIpc) is 3.08. The van der Waals surface area contributed by atoms with Gasteiger partial charge in [0.25, 0.3) is 0 Å². The Morgan fingerprint density at radius 1 is 1.00 bits per heavy atom. The minimum Gasteiger partial charge on any atom is -0.494 e. The second kappa shape index (κ2) is 9.47. The molecule has 0 spiro atoms. The van der Waals surface area contributed by atoms with E-state index in [4.69, 9.17) is 9.73 Å². The lowest BCUT2D eigenvalue weighted by Gasteiger charge is -2.15. The van der Waals surface area contributed by atoms with Gasteiger partial charge in [-0.3, -0.25) is 9.56 Å². The van der Waals surface area contributed by atoms with E-state index in [2.05, 4.69) is 58.9 Å². The number of aromatic nitrogens is 3. The normalized spacial score (nSPS) is 12.7. The molecular formula is C24H28N4OS. The smallest absolute Gasteiger partial charge is 0.159 e. The Bertz CT molecular complexity index is 1040. The maximum Gasteiger partial charge on any atom is 0.159 e. The molecule has 0 bridgehead atoms. The largest absolute Gasteiger partial charge is 0.494 e. The number of fused-ring (bicyclic) bond motifs is 3. The molecule has 1 aliphatic heterocycles. The van der Waals surface area contributed by atoms with Crippen molar-refractivity contribution in [2.24, 2.45) is 4.99 Å². The summed E-state index contributed by atoms with van der Waals surface area (Å²) in [5.74, 6) is 3.89. The van der Waals surface area contributed by atoms with Crippen LogP contribution >= 0.6 is 11.8 Å². The average molecular weight is 421 g/mol. The van der Waals surface area contributed by atoms with E-state index in [1.165, 1.54) is 4.90 Å². The summed E-state index contributed by atoms with van der Waals surface area (Å²) in [4.78, 5) is 6.26. The molecule has 0 atom stereocenters. The number of aryl methyl sites for hydroxylation is 1. The second-order valence-electron chi connectivity index (χ2n) is 7.27. The summed E-state index contributed by atoms with van der Waals surface area (Å²) in [6.07, 6.45) is 3.08. The SMILES string of the molecule is CCCSc1ccc2c(c1)C(c1ccc(OCC)cc1)=NCc1nnc(CCC)n1-2. The zero-order valence-corrected chi connectivity index (χ0v) is 18.7. The van der Waals surface area contributed by atoms with Gasteiger partial charge in [-0.15, -0.1) is 22.0 Å². The monoisotopic (exact) mass is 420 g/mol. The maximum absolute atomic E-state index is 5.62. The molecule has 0 radical (unpaired) electrons. The van der Waals surface area contributed by atoms with Gasteiger partial charge in [0.05, 0.1) is 18.0 Å². The fourth-order valence-electron chi connectivity index (χ4n) is 3.69. The summed E-state index contributed by atoms with van der Waals surface area (Å²) < 4.78 is 7.83. The molecule has 156 valence electrons. The summed E-state index contributed by atoms with van der Waals surface area (Å²) in [5, 5.41) is 8.91. The van der Waals surface area contributed by atoms with Gasteiger partial charge < -0.3 is 4.74 Å². The predicted molar refractivity (Wildman–Crippen MR) is 123 cm³/mol. The number of benzene rings is 2. The molecule has 30 heavy (non-hydrogen) atoms. The molecule has 0 N–H and O–H groups in total. The first kappa shape index (κ1) is 20.7. The van der Waals surface area contributed by atoms with E-state index in [0.29, 0.717) is 13.2 Å². The van der Waals surface area contributed by atoms with E-state index in [9.17, 15) is 0 Å². The first-order valence-corrected chi connectivity index (χ1v) is 11.7. The number of nitrogens with zero attached hydrogens (tertiary/aromatic N) is 4. The van der Waals surface area contributed by atoms with Crippen molar-refractivity contribution < 1.29 is 4.74 Å². The van der Waals surface area contributed by atoms with Crippen LogP contribution in [0.4, 0.5) is 0 Å². The Labute approximate surface area is 182 Å². The van der Waals surface area contributed by atoms with Crippen LogP contribution in [0, 0.1) is 0 Å². The summed E-state index contributed by atoms with van der Waals surface area (Å²) in [6, 6.07) is 14.9. The number of rotatable bonds is 8. The van der Waals surface area contributed by atoms with Crippen LogP contribution in [-0.2, 0) is 13.0 Å². The minimum atomic E-state index is 0.519. The van der Waals surface area contributed by atoms with Crippen LogP contribution in [0.3, 0.4) is 0 Å². The van der Waals surface area contributed by atoms with Gasteiger partial charge in [0.2, 0.25) is 0 Å². The first-order valence-electron chi connectivity index (χ1n) is 10.7. The van der Waals surface area contributed by atoms with Crippen molar-refractivity contribution in [2.75, 3.05) is 12.4 Å². The molecule has 0 saturated heterocycles. The first-order chi connectivity index (χ1) is 14.7.